The summed E-state index contributed by atoms with van der Waals surface area (Å²) in [4.78, 5) is 50.9. The second-order valence-electron chi connectivity index (χ2n) is 7.47. The van der Waals surface area contributed by atoms with Crippen LogP contribution in [0.15, 0.2) is 18.2 Å². The zero-order chi connectivity index (χ0) is 19.0. The van der Waals surface area contributed by atoms with Gasteiger partial charge in [0, 0.05) is 55.3 Å². The number of piperazine rings is 1. The van der Waals surface area contributed by atoms with E-state index in [1.165, 1.54) is 0 Å². The standard InChI is InChI=1S/C20H23N3O4/c24-17-6-2-12(20(27)22-17)1-4-15-18(25)14-5-3-13(11-16(14)19(15)26)23-9-7-21-8-10-23/h3,5,11-12,15,21H,1-2,4,6-10H2,(H,22,24,27). The lowest BCUT2D eigenvalue weighted by Crippen LogP contribution is -2.43. The summed E-state index contributed by atoms with van der Waals surface area (Å²) >= 11 is 0. The van der Waals surface area contributed by atoms with E-state index in [4.69, 9.17) is 0 Å². The van der Waals surface area contributed by atoms with Crippen molar-refractivity contribution in [2.24, 2.45) is 11.8 Å². The van der Waals surface area contributed by atoms with Gasteiger partial charge in [0.05, 0.1) is 5.92 Å². The largest absolute Gasteiger partial charge is 0.369 e. The monoisotopic (exact) mass is 369 g/mol. The number of Topliss-reactive ketones (excluding diaryl/α,β-unsaturated/α-hetero) is 2. The van der Waals surface area contributed by atoms with Crippen LogP contribution in [0.2, 0.25) is 0 Å². The molecular formula is C20H23N3O4. The first-order valence-electron chi connectivity index (χ1n) is 9.56. The molecule has 27 heavy (non-hydrogen) atoms. The van der Waals surface area contributed by atoms with Gasteiger partial charge in [0.1, 0.15) is 0 Å². The van der Waals surface area contributed by atoms with Crippen molar-refractivity contribution >= 4 is 29.1 Å². The molecule has 2 saturated heterocycles. The van der Waals surface area contributed by atoms with Crippen LogP contribution in [0.4, 0.5) is 5.69 Å². The topological polar surface area (TPSA) is 95.6 Å². The van der Waals surface area contributed by atoms with E-state index in [0.29, 0.717) is 36.8 Å². The van der Waals surface area contributed by atoms with E-state index >= 15 is 0 Å². The van der Waals surface area contributed by atoms with Crippen molar-refractivity contribution in [2.75, 3.05) is 31.1 Å². The van der Waals surface area contributed by atoms with E-state index in [2.05, 4.69) is 15.5 Å². The summed E-state index contributed by atoms with van der Waals surface area (Å²) in [6.07, 6.45) is 1.60. The average Bonchev–Trinajstić information content (AvgIpc) is 2.92. The molecule has 0 spiro atoms. The first-order chi connectivity index (χ1) is 13.0. The summed E-state index contributed by atoms with van der Waals surface area (Å²) in [7, 11) is 0. The van der Waals surface area contributed by atoms with Gasteiger partial charge < -0.3 is 10.2 Å². The summed E-state index contributed by atoms with van der Waals surface area (Å²) in [5.74, 6) is -1.83. The van der Waals surface area contributed by atoms with Gasteiger partial charge in [-0.25, -0.2) is 0 Å². The zero-order valence-corrected chi connectivity index (χ0v) is 15.1. The molecule has 2 amide bonds. The first kappa shape index (κ1) is 17.9. The average molecular weight is 369 g/mol. The van der Waals surface area contributed by atoms with Crippen molar-refractivity contribution in [3.63, 3.8) is 0 Å². The van der Waals surface area contributed by atoms with Gasteiger partial charge in [-0.1, -0.05) is 0 Å². The normalized spacial score (nSPS) is 25.6. The molecule has 0 saturated carbocycles. The maximum atomic E-state index is 12.8. The molecule has 2 fully saturated rings. The molecule has 1 aromatic carbocycles. The number of benzene rings is 1. The minimum Gasteiger partial charge on any atom is -0.369 e. The maximum Gasteiger partial charge on any atom is 0.229 e. The zero-order valence-electron chi connectivity index (χ0n) is 15.1. The van der Waals surface area contributed by atoms with Gasteiger partial charge in [-0.2, -0.15) is 0 Å². The number of nitrogens with one attached hydrogen (secondary N) is 2. The van der Waals surface area contributed by atoms with Crippen molar-refractivity contribution in [1.82, 2.24) is 10.6 Å². The maximum absolute atomic E-state index is 12.8. The molecule has 0 bridgehead atoms. The van der Waals surface area contributed by atoms with Crippen LogP contribution in [0.25, 0.3) is 0 Å². The summed E-state index contributed by atoms with van der Waals surface area (Å²) in [5.41, 5.74) is 1.97. The molecule has 1 aliphatic carbocycles. The van der Waals surface area contributed by atoms with Crippen molar-refractivity contribution in [3.05, 3.63) is 29.3 Å². The number of rotatable bonds is 4. The minimum atomic E-state index is -0.705. The van der Waals surface area contributed by atoms with E-state index in [1.807, 2.05) is 12.1 Å². The van der Waals surface area contributed by atoms with Gasteiger partial charge in [0.15, 0.2) is 11.6 Å². The highest BCUT2D eigenvalue weighted by Gasteiger charge is 2.39. The number of piperidine rings is 1. The third kappa shape index (κ3) is 3.39. The number of nitrogens with zero attached hydrogens (tertiary/aromatic N) is 1. The molecule has 0 aromatic heterocycles. The van der Waals surface area contributed by atoms with E-state index < -0.39 is 5.92 Å². The minimum absolute atomic E-state index is 0.140. The van der Waals surface area contributed by atoms with Crippen LogP contribution in [-0.4, -0.2) is 49.6 Å². The van der Waals surface area contributed by atoms with Crippen LogP contribution in [0.3, 0.4) is 0 Å². The smallest absolute Gasteiger partial charge is 0.229 e. The third-order valence-corrected chi connectivity index (χ3v) is 5.81. The fourth-order valence-corrected chi connectivity index (χ4v) is 4.21. The highest BCUT2D eigenvalue weighted by Crippen LogP contribution is 2.34. The number of carbonyl (C=O) groups excluding carboxylic acids is 4. The molecule has 142 valence electrons. The highest BCUT2D eigenvalue weighted by molar-refractivity contribution is 6.26. The van der Waals surface area contributed by atoms with Gasteiger partial charge in [0.2, 0.25) is 11.8 Å². The van der Waals surface area contributed by atoms with E-state index in [1.54, 1.807) is 6.07 Å². The van der Waals surface area contributed by atoms with Crippen LogP contribution in [-0.2, 0) is 9.59 Å². The Morgan fingerprint density at radius 1 is 0.963 bits per heavy atom. The van der Waals surface area contributed by atoms with Gasteiger partial charge in [-0.15, -0.1) is 0 Å². The number of hydrogen-bond acceptors (Lipinski definition) is 6. The van der Waals surface area contributed by atoms with Crippen molar-refractivity contribution in [2.45, 2.75) is 25.7 Å². The fourth-order valence-electron chi connectivity index (χ4n) is 4.21. The predicted octanol–water partition coefficient (Wildman–Crippen LogP) is 0.924. The Bertz CT molecular complexity index is 813. The third-order valence-electron chi connectivity index (χ3n) is 5.81. The van der Waals surface area contributed by atoms with E-state index in [9.17, 15) is 19.2 Å². The number of hydrogen-bond donors (Lipinski definition) is 2. The Morgan fingerprint density at radius 2 is 1.70 bits per heavy atom. The fraction of sp³-hybridized carbons (Fsp3) is 0.500. The highest BCUT2D eigenvalue weighted by atomic mass is 16.2. The SMILES string of the molecule is O=C1CCC(CCC2C(=O)c3ccc(N4CCNCC4)cc3C2=O)C(=O)N1. The summed E-state index contributed by atoms with van der Waals surface area (Å²) in [6.45, 7) is 3.55. The summed E-state index contributed by atoms with van der Waals surface area (Å²) in [5, 5.41) is 5.63. The Balaban J connectivity index is 1.46. The molecule has 7 heteroatoms. The molecule has 2 unspecified atom stereocenters. The van der Waals surface area contributed by atoms with Gasteiger partial charge in [-0.3, -0.25) is 24.5 Å². The molecule has 2 aliphatic heterocycles. The second-order valence-corrected chi connectivity index (χ2v) is 7.47. The molecule has 4 rings (SSSR count). The quantitative estimate of drug-likeness (QED) is 0.605. The molecule has 0 radical (unpaired) electrons. The van der Waals surface area contributed by atoms with Gasteiger partial charge >= 0.3 is 0 Å². The van der Waals surface area contributed by atoms with Crippen molar-refractivity contribution in [3.8, 4) is 0 Å². The number of ketones is 2. The van der Waals surface area contributed by atoms with Crippen molar-refractivity contribution < 1.29 is 19.2 Å². The Morgan fingerprint density at radius 3 is 2.44 bits per heavy atom. The Kier molecular flexibility index (Phi) is 4.78. The van der Waals surface area contributed by atoms with E-state index in [0.717, 1.165) is 31.9 Å². The number of carbonyl (C=O) groups is 4. The Labute approximate surface area is 157 Å². The number of fused-ring (bicyclic) bond motifs is 1. The van der Waals surface area contributed by atoms with Gasteiger partial charge in [-0.05, 0) is 37.5 Å². The van der Waals surface area contributed by atoms with Gasteiger partial charge in [0.25, 0.3) is 0 Å². The van der Waals surface area contributed by atoms with Crippen LogP contribution in [0.5, 0.6) is 0 Å². The molecule has 2 atom stereocenters. The molecule has 2 N–H and O–H groups in total. The van der Waals surface area contributed by atoms with Crippen molar-refractivity contribution in [1.29, 1.82) is 0 Å². The lowest BCUT2D eigenvalue weighted by Gasteiger charge is -2.29. The first-order valence-corrected chi connectivity index (χ1v) is 9.56. The molecule has 2 heterocycles. The summed E-state index contributed by atoms with van der Waals surface area (Å²) < 4.78 is 0. The van der Waals surface area contributed by atoms with Crippen LogP contribution in [0, 0.1) is 11.8 Å². The predicted molar refractivity (Wildman–Crippen MR) is 98.8 cm³/mol. The lowest BCUT2D eigenvalue weighted by molar-refractivity contribution is -0.136. The van der Waals surface area contributed by atoms with Crippen LogP contribution >= 0.6 is 0 Å². The van der Waals surface area contributed by atoms with Crippen LogP contribution < -0.4 is 15.5 Å². The molecule has 1 aromatic rings. The lowest BCUT2D eigenvalue weighted by atomic mass is 9.88. The number of amides is 2. The summed E-state index contributed by atoms with van der Waals surface area (Å²) in [6, 6.07) is 5.52. The van der Waals surface area contributed by atoms with E-state index in [-0.39, 0.29) is 29.3 Å². The number of anilines is 1. The molecular weight excluding hydrogens is 346 g/mol. The van der Waals surface area contributed by atoms with Crippen LogP contribution in [0.1, 0.15) is 46.4 Å². The molecule has 7 nitrogen and oxygen atoms in total. The Hall–Kier alpha value is -2.54. The molecule has 3 aliphatic rings. The second kappa shape index (κ2) is 7.23. The number of imide groups is 1.